The molecule has 2 rings (SSSR count). The standard InChI is InChI=1S/C11H16N4O3/c1-8-7-14(6-5-12-8)11-9(15(16)17)3-4-10(13-11)18-2/h3-4,8,12H,5-7H2,1-2H3. The summed E-state index contributed by atoms with van der Waals surface area (Å²) >= 11 is 0. The summed E-state index contributed by atoms with van der Waals surface area (Å²) in [5.74, 6) is 0.773. The van der Waals surface area contributed by atoms with E-state index < -0.39 is 4.92 Å². The van der Waals surface area contributed by atoms with Crippen LogP contribution in [0.2, 0.25) is 0 Å². The third kappa shape index (κ3) is 2.51. The van der Waals surface area contributed by atoms with Crippen LogP contribution in [0.15, 0.2) is 12.1 Å². The fourth-order valence-electron chi connectivity index (χ4n) is 2.04. The van der Waals surface area contributed by atoms with Gasteiger partial charge in [0.05, 0.1) is 12.0 Å². The van der Waals surface area contributed by atoms with Crippen molar-refractivity contribution in [1.82, 2.24) is 10.3 Å². The first-order chi connectivity index (χ1) is 8.61. The van der Waals surface area contributed by atoms with Crippen LogP contribution >= 0.6 is 0 Å². The van der Waals surface area contributed by atoms with Gasteiger partial charge < -0.3 is 15.0 Å². The molecule has 1 aromatic heterocycles. The third-order valence-electron chi connectivity index (χ3n) is 2.90. The number of rotatable bonds is 3. The predicted octanol–water partition coefficient (Wildman–Crippen LogP) is 0.796. The Kier molecular flexibility index (Phi) is 3.61. The molecule has 1 aromatic rings. The summed E-state index contributed by atoms with van der Waals surface area (Å²) in [7, 11) is 1.50. The number of nitrogens with zero attached hydrogens (tertiary/aromatic N) is 3. The molecule has 7 heteroatoms. The minimum Gasteiger partial charge on any atom is -0.481 e. The molecule has 0 aliphatic carbocycles. The van der Waals surface area contributed by atoms with Crippen molar-refractivity contribution in [3.63, 3.8) is 0 Å². The van der Waals surface area contributed by atoms with E-state index >= 15 is 0 Å². The van der Waals surface area contributed by atoms with Crippen molar-refractivity contribution in [2.45, 2.75) is 13.0 Å². The summed E-state index contributed by atoms with van der Waals surface area (Å²) in [5, 5.41) is 14.3. The molecule has 98 valence electrons. The maximum atomic E-state index is 11.0. The molecule has 0 saturated carbocycles. The van der Waals surface area contributed by atoms with Gasteiger partial charge in [-0.2, -0.15) is 4.98 Å². The summed E-state index contributed by atoms with van der Waals surface area (Å²) in [5.41, 5.74) is 0.0184. The lowest BCUT2D eigenvalue weighted by atomic mass is 10.2. The van der Waals surface area contributed by atoms with Gasteiger partial charge >= 0.3 is 5.69 Å². The molecule has 1 N–H and O–H groups in total. The second-order valence-corrected chi connectivity index (χ2v) is 4.25. The first-order valence-corrected chi connectivity index (χ1v) is 5.79. The van der Waals surface area contributed by atoms with Gasteiger partial charge in [-0.05, 0) is 6.92 Å². The van der Waals surface area contributed by atoms with Gasteiger partial charge in [0.1, 0.15) is 0 Å². The lowest BCUT2D eigenvalue weighted by molar-refractivity contribution is -0.384. The second kappa shape index (κ2) is 5.18. The van der Waals surface area contributed by atoms with Gasteiger partial charge in [-0.25, -0.2) is 0 Å². The van der Waals surface area contributed by atoms with Gasteiger partial charge in [-0.15, -0.1) is 0 Å². The van der Waals surface area contributed by atoms with Crippen LogP contribution < -0.4 is 15.0 Å². The zero-order valence-electron chi connectivity index (χ0n) is 10.4. The summed E-state index contributed by atoms with van der Waals surface area (Å²) in [6.07, 6.45) is 0. The zero-order chi connectivity index (χ0) is 13.1. The highest BCUT2D eigenvalue weighted by Gasteiger charge is 2.25. The highest BCUT2D eigenvalue weighted by molar-refractivity contribution is 5.59. The Hall–Kier alpha value is -1.89. The monoisotopic (exact) mass is 252 g/mol. The van der Waals surface area contributed by atoms with Crippen LogP contribution in [0.3, 0.4) is 0 Å². The van der Waals surface area contributed by atoms with Gasteiger partial charge in [0.15, 0.2) is 0 Å². The normalized spacial score (nSPS) is 19.7. The van der Waals surface area contributed by atoms with Crippen LogP contribution in [0.25, 0.3) is 0 Å². The molecule has 0 radical (unpaired) electrons. The van der Waals surface area contributed by atoms with Gasteiger partial charge in [-0.3, -0.25) is 10.1 Å². The Labute approximate surface area is 105 Å². The molecule has 0 amide bonds. The first kappa shape index (κ1) is 12.6. The molecule has 18 heavy (non-hydrogen) atoms. The number of nitro groups is 1. The lowest BCUT2D eigenvalue weighted by Gasteiger charge is -2.32. The molecule has 1 saturated heterocycles. The van der Waals surface area contributed by atoms with E-state index in [1.165, 1.54) is 19.2 Å². The summed E-state index contributed by atoms with van der Waals surface area (Å²) in [6, 6.07) is 3.23. The van der Waals surface area contributed by atoms with E-state index in [1.807, 2.05) is 11.8 Å². The number of hydrogen-bond acceptors (Lipinski definition) is 6. The van der Waals surface area contributed by atoms with Gasteiger partial charge in [-0.1, -0.05) is 0 Å². The SMILES string of the molecule is COc1ccc([N+](=O)[O-])c(N2CCNC(C)C2)n1. The predicted molar refractivity (Wildman–Crippen MR) is 67.1 cm³/mol. The van der Waals surface area contributed by atoms with E-state index in [4.69, 9.17) is 4.74 Å². The quantitative estimate of drug-likeness (QED) is 0.633. The fourth-order valence-corrected chi connectivity index (χ4v) is 2.04. The van der Waals surface area contributed by atoms with Crippen LogP contribution in [-0.4, -0.2) is 42.7 Å². The van der Waals surface area contributed by atoms with E-state index in [2.05, 4.69) is 10.3 Å². The lowest BCUT2D eigenvalue weighted by Crippen LogP contribution is -2.49. The molecule has 1 aliphatic heterocycles. The van der Waals surface area contributed by atoms with Crippen LogP contribution in [-0.2, 0) is 0 Å². The Balaban J connectivity index is 2.36. The molecule has 1 fully saturated rings. The number of nitrogens with one attached hydrogen (secondary N) is 1. The molecule has 1 unspecified atom stereocenters. The van der Waals surface area contributed by atoms with Crippen LogP contribution in [0.5, 0.6) is 5.88 Å². The number of piperazine rings is 1. The van der Waals surface area contributed by atoms with Gasteiger partial charge in [0.2, 0.25) is 11.7 Å². The third-order valence-corrected chi connectivity index (χ3v) is 2.90. The van der Waals surface area contributed by atoms with Gasteiger partial charge in [0.25, 0.3) is 0 Å². The molecule has 0 spiro atoms. The average Bonchev–Trinajstić information content (AvgIpc) is 2.38. The van der Waals surface area contributed by atoms with Gasteiger partial charge in [0, 0.05) is 37.8 Å². The smallest absolute Gasteiger partial charge is 0.311 e. The number of aromatic nitrogens is 1. The van der Waals surface area contributed by atoms with Crippen LogP contribution in [0, 0.1) is 10.1 Å². The zero-order valence-corrected chi connectivity index (χ0v) is 10.4. The van der Waals surface area contributed by atoms with Crippen molar-refractivity contribution in [2.24, 2.45) is 0 Å². The number of ether oxygens (including phenoxy) is 1. The molecule has 1 atom stereocenters. The van der Waals surface area contributed by atoms with Crippen molar-refractivity contribution in [1.29, 1.82) is 0 Å². The molecule has 0 bridgehead atoms. The minimum atomic E-state index is -0.408. The molecule has 0 aromatic carbocycles. The van der Waals surface area contributed by atoms with E-state index in [-0.39, 0.29) is 11.7 Å². The van der Waals surface area contributed by atoms with Crippen molar-refractivity contribution in [3.8, 4) is 5.88 Å². The van der Waals surface area contributed by atoms with Crippen molar-refractivity contribution in [2.75, 3.05) is 31.6 Å². The summed E-state index contributed by atoms with van der Waals surface area (Å²) < 4.78 is 5.03. The Bertz CT molecular complexity index is 452. The minimum absolute atomic E-state index is 0.0184. The summed E-state index contributed by atoms with van der Waals surface area (Å²) in [6.45, 7) is 4.22. The maximum absolute atomic E-state index is 11.0. The van der Waals surface area contributed by atoms with Crippen LogP contribution in [0.1, 0.15) is 6.92 Å². The van der Waals surface area contributed by atoms with Crippen molar-refractivity contribution in [3.05, 3.63) is 22.2 Å². The highest BCUT2D eigenvalue weighted by Crippen LogP contribution is 2.28. The van der Waals surface area contributed by atoms with E-state index in [0.717, 1.165) is 6.54 Å². The number of methoxy groups -OCH3 is 1. The van der Waals surface area contributed by atoms with E-state index in [0.29, 0.717) is 24.8 Å². The van der Waals surface area contributed by atoms with Crippen molar-refractivity contribution < 1.29 is 9.66 Å². The topological polar surface area (TPSA) is 80.5 Å². The molecular weight excluding hydrogens is 236 g/mol. The highest BCUT2D eigenvalue weighted by atomic mass is 16.6. The summed E-state index contributed by atoms with van der Waals surface area (Å²) in [4.78, 5) is 16.7. The molecule has 2 heterocycles. The van der Waals surface area contributed by atoms with Crippen molar-refractivity contribution >= 4 is 11.5 Å². The largest absolute Gasteiger partial charge is 0.481 e. The van der Waals surface area contributed by atoms with E-state index in [9.17, 15) is 10.1 Å². The maximum Gasteiger partial charge on any atom is 0.311 e. The average molecular weight is 252 g/mol. The molecular formula is C11H16N4O3. The van der Waals surface area contributed by atoms with E-state index in [1.54, 1.807) is 0 Å². The molecule has 7 nitrogen and oxygen atoms in total. The fraction of sp³-hybridized carbons (Fsp3) is 0.545. The first-order valence-electron chi connectivity index (χ1n) is 5.79. The number of anilines is 1. The Morgan fingerprint density at radius 3 is 3.00 bits per heavy atom. The Morgan fingerprint density at radius 1 is 1.61 bits per heavy atom. The second-order valence-electron chi connectivity index (χ2n) is 4.25. The molecule has 1 aliphatic rings. The number of hydrogen-bond donors (Lipinski definition) is 1. The number of pyridine rings is 1. The Morgan fingerprint density at radius 2 is 2.39 bits per heavy atom. The van der Waals surface area contributed by atoms with Crippen LogP contribution in [0.4, 0.5) is 11.5 Å².